The van der Waals surface area contributed by atoms with E-state index in [9.17, 15) is 43.2 Å². The Balaban J connectivity index is 1.51. The highest BCUT2D eigenvalue weighted by Gasteiger charge is 2.45. The van der Waals surface area contributed by atoms with Crippen LogP contribution < -0.4 is 37.2 Å². The van der Waals surface area contributed by atoms with Crippen LogP contribution in [0, 0.1) is 41.4 Å². The van der Waals surface area contributed by atoms with Crippen molar-refractivity contribution in [2.45, 2.75) is 189 Å². The molecule has 3 heterocycles. The summed E-state index contributed by atoms with van der Waals surface area (Å²) in [6.07, 6.45) is 4.34. The first kappa shape index (κ1) is 63.5. The molecule has 2 aromatic rings. The predicted molar refractivity (Wildman–Crippen MR) is 304 cm³/mol. The Morgan fingerprint density at radius 2 is 0.899 bits per heavy atom. The molecular weight excluding hydrogens is 1000 g/mol. The molecule has 7 N–H and O–H groups in total. The molecule has 18 heteroatoms. The third-order valence-corrected chi connectivity index (χ3v) is 16.0. The highest BCUT2D eigenvalue weighted by atomic mass is 16.2. The zero-order valence-electron chi connectivity index (χ0n) is 48.7. The summed E-state index contributed by atoms with van der Waals surface area (Å²) in [5.41, 5.74) is 1.94. The Morgan fingerprint density at radius 1 is 0.468 bits per heavy atom. The van der Waals surface area contributed by atoms with Crippen LogP contribution in [0.15, 0.2) is 60.7 Å². The topological polar surface area (TPSA) is 244 Å². The number of nitrogens with one attached hydrogen (secondary N) is 7. The maximum atomic E-state index is 14.7. The number of benzene rings is 2. The Hall–Kier alpha value is -6.33. The molecule has 3 fully saturated rings. The maximum Gasteiger partial charge on any atom is 0.246 e. The molecule has 3 saturated heterocycles. The van der Waals surface area contributed by atoms with Crippen LogP contribution in [0.25, 0.3) is 0 Å². The normalized spacial score (nSPS) is 27.2. The van der Waals surface area contributed by atoms with Crippen molar-refractivity contribution in [2.75, 3.05) is 26.2 Å². The summed E-state index contributed by atoms with van der Waals surface area (Å²) in [6, 6.07) is 12.3. The van der Waals surface area contributed by atoms with E-state index < -0.39 is 95.5 Å². The molecule has 0 saturated carbocycles. The van der Waals surface area contributed by atoms with Gasteiger partial charge < -0.3 is 47.0 Å². The first-order valence-corrected chi connectivity index (χ1v) is 29.3. The number of carbonyl (C=O) groups excluding carboxylic acids is 9. The molecule has 3 aliphatic heterocycles. The average Bonchev–Trinajstić information content (AvgIpc) is 4.24. The molecule has 3 aliphatic rings. The van der Waals surface area contributed by atoms with Crippen molar-refractivity contribution in [3.05, 3.63) is 71.8 Å². The quantitative estimate of drug-likeness (QED) is 0.143. The van der Waals surface area contributed by atoms with Gasteiger partial charge in [-0.3, -0.25) is 43.2 Å². The lowest BCUT2D eigenvalue weighted by Crippen LogP contribution is -2.62. The summed E-state index contributed by atoms with van der Waals surface area (Å²) in [5, 5.41) is 20.8. The number of hydrogen-bond acceptors (Lipinski definition) is 9. The van der Waals surface area contributed by atoms with Gasteiger partial charge in [0.1, 0.15) is 42.3 Å². The van der Waals surface area contributed by atoms with Crippen molar-refractivity contribution >= 4 is 53.2 Å². The second-order valence-corrected chi connectivity index (χ2v) is 23.9. The minimum Gasteiger partial charge on any atom is -0.356 e. The number of amides is 9. The van der Waals surface area contributed by atoms with Crippen molar-refractivity contribution in [1.82, 2.24) is 47.0 Å². The third-order valence-electron chi connectivity index (χ3n) is 16.0. The fraction of sp³-hybridized carbons (Fsp3) is 0.656. The van der Waals surface area contributed by atoms with E-state index in [0.717, 1.165) is 11.1 Å². The van der Waals surface area contributed by atoms with Gasteiger partial charge in [0.25, 0.3) is 0 Å². The van der Waals surface area contributed by atoms with Gasteiger partial charge >= 0.3 is 0 Å². The Labute approximate surface area is 469 Å². The summed E-state index contributed by atoms with van der Waals surface area (Å²) < 4.78 is 0. The van der Waals surface area contributed by atoms with Crippen molar-refractivity contribution in [1.29, 1.82) is 0 Å². The molecule has 0 aliphatic carbocycles. The lowest BCUT2D eigenvalue weighted by atomic mass is 9.93. The zero-order chi connectivity index (χ0) is 57.9. The van der Waals surface area contributed by atoms with Crippen LogP contribution in [-0.2, 0) is 56.0 Å². The molecule has 18 nitrogen and oxygen atoms in total. The molecule has 0 bridgehead atoms. The maximum absolute atomic E-state index is 14.7. The van der Waals surface area contributed by atoms with Gasteiger partial charge in [0.2, 0.25) is 53.2 Å². The van der Waals surface area contributed by atoms with Crippen molar-refractivity contribution in [3.63, 3.8) is 0 Å². The van der Waals surface area contributed by atoms with Crippen LogP contribution in [0.2, 0.25) is 0 Å². The fourth-order valence-corrected chi connectivity index (χ4v) is 11.1. The number of carbonyl (C=O) groups is 9. The van der Waals surface area contributed by atoms with Crippen LogP contribution in [-0.4, -0.2) is 131 Å². The predicted octanol–water partition coefficient (Wildman–Crippen LogP) is 4.98. The van der Waals surface area contributed by atoms with Gasteiger partial charge in [-0.05, 0) is 104 Å². The van der Waals surface area contributed by atoms with Crippen LogP contribution in [0.1, 0.15) is 145 Å². The van der Waals surface area contributed by atoms with Gasteiger partial charge in [0.15, 0.2) is 0 Å². The molecule has 2 aromatic carbocycles. The van der Waals surface area contributed by atoms with E-state index in [0.29, 0.717) is 57.9 Å². The molecule has 79 heavy (non-hydrogen) atoms. The lowest BCUT2D eigenvalue weighted by Gasteiger charge is -2.34. The molecule has 5 rings (SSSR count). The van der Waals surface area contributed by atoms with Gasteiger partial charge in [-0.15, -0.1) is 0 Å². The van der Waals surface area contributed by atoms with E-state index in [4.69, 9.17) is 0 Å². The smallest absolute Gasteiger partial charge is 0.246 e. The molecule has 0 radical (unpaired) electrons. The van der Waals surface area contributed by atoms with Gasteiger partial charge in [-0.1, -0.05) is 143 Å². The van der Waals surface area contributed by atoms with Crippen LogP contribution in [0.3, 0.4) is 0 Å². The molecule has 436 valence electrons. The molecular formula is C61H93N9O9. The number of nitrogens with zero attached hydrogens (tertiary/aromatic N) is 2. The number of fused-ring (bicyclic) bond motifs is 2. The molecule has 0 unspecified atom stereocenters. The van der Waals surface area contributed by atoms with Gasteiger partial charge in [0.05, 0.1) is 0 Å². The highest BCUT2D eigenvalue weighted by molar-refractivity contribution is 5.98. The highest BCUT2D eigenvalue weighted by Crippen LogP contribution is 2.27. The van der Waals surface area contributed by atoms with E-state index in [1.165, 1.54) is 4.90 Å². The molecule has 0 aromatic heterocycles. The third kappa shape index (κ3) is 18.9. The summed E-state index contributed by atoms with van der Waals surface area (Å²) in [6.45, 7) is 19.6. The first-order chi connectivity index (χ1) is 37.6. The second-order valence-electron chi connectivity index (χ2n) is 23.9. The minimum atomic E-state index is -1.12. The van der Waals surface area contributed by atoms with E-state index in [1.807, 2.05) is 116 Å². The van der Waals surface area contributed by atoms with Gasteiger partial charge in [-0.25, -0.2) is 0 Å². The monoisotopic (exact) mass is 1100 g/mol. The molecule has 9 amide bonds. The number of hydrogen-bond donors (Lipinski definition) is 7. The summed E-state index contributed by atoms with van der Waals surface area (Å²) >= 11 is 0. The second kappa shape index (κ2) is 30.9. The van der Waals surface area contributed by atoms with Crippen molar-refractivity contribution in [3.8, 4) is 0 Å². The van der Waals surface area contributed by atoms with E-state index in [-0.39, 0.29) is 86.7 Å². The lowest BCUT2D eigenvalue weighted by molar-refractivity contribution is -0.148. The zero-order valence-corrected chi connectivity index (χ0v) is 48.7. The van der Waals surface area contributed by atoms with Crippen LogP contribution >= 0.6 is 0 Å². The van der Waals surface area contributed by atoms with E-state index in [1.54, 1.807) is 18.7 Å². The Morgan fingerprint density at radius 3 is 1.39 bits per heavy atom. The Bertz CT molecular complexity index is 2370. The SMILES string of the molecule is CC[C@H](C)[C@@H]1NC(=O)[C@H](CC(C)C)NC(=O)C[C@H](Cc2ccccc2)CNC(=O)C[C@H](Cc2ccccc2)CNC(=O)[C@@H]2CCCN2C(=O)[C@@H]2CCCN2C(=O)[C@H](C(C)C)NC(=O)[C@H](CC(C)C)NC(=O)[C@H]([C@@H](C)CC)NC1=O. The van der Waals surface area contributed by atoms with E-state index in [2.05, 4.69) is 37.2 Å². The van der Waals surface area contributed by atoms with Crippen LogP contribution in [0.5, 0.6) is 0 Å². The fourth-order valence-electron chi connectivity index (χ4n) is 11.1. The van der Waals surface area contributed by atoms with Gasteiger partial charge in [-0.2, -0.15) is 0 Å². The number of rotatable bonds is 13. The first-order valence-electron chi connectivity index (χ1n) is 29.3. The summed E-state index contributed by atoms with van der Waals surface area (Å²) in [7, 11) is 0. The average molecular weight is 1100 g/mol. The minimum absolute atomic E-state index is 0.0289. The van der Waals surface area contributed by atoms with E-state index >= 15 is 0 Å². The largest absolute Gasteiger partial charge is 0.356 e. The van der Waals surface area contributed by atoms with Crippen molar-refractivity contribution < 1.29 is 43.2 Å². The molecule has 0 spiro atoms. The van der Waals surface area contributed by atoms with Crippen molar-refractivity contribution in [2.24, 2.45) is 41.4 Å². The van der Waals surface area contributed by atoms with Crippen LogP contribution in [0.4, 0.5) is 0 Å². The molecule has 11 atom stereocenters. The standard InChI is InChI=1S/C61H93N9O9/c1-11-40(9)53-58(76)65-47(30-38(5)6)56(74)66-52(39(7)8)61(79)70-28-20-26-49(70)60(78)69-27-19-25-48(69)57(75)63-36-44(31-42-21-15-13-16-22-42)33-50(71)62-35-45(32-43-23-17-14-18-24-43)34-51(72)64-46(29-37(3)4)55(73)67-54(41(10)12-2)59(77)68-53/h13-18,21-24,37-41,44-49,52-54H,11-12,19-20,25-36H2,1-10H3,(H,62,71)(H,63,75)(H,64,72)(H,65,76)(H,66,74)(H,67,73)(H,68,77)/t40-,41-,44-,45-,46-,47-,48-,49-,52-,53-,54-/m0/s1. The summed E-state index contributed by atoms with van der Waals surface area (Å²) in [4.78, 5) is 133. The Kier molecular flexibility index (Phi) is 24.8. The summed E-state index contributed by atoms with van der Waals surface area (Å²) in [5.74, 6) is -6.17. The van der Waals surface area contributed by atoms with Gasteiger partial charge in [0, 0.05) is 39.0 Å².